The number of hydrogen-bond donors (Lipinski definition) is 1. The quantitative estimate of drug-likeness (QED) is 0.301. The highest BCUT2D eigenvalue weighted by molar-refractivity contribution is 6.02. The number of non-ortho nitro benzene ring substituents is 1. The van der Waals surface area contributed by atoms with Crippen LogP contribution in [-0.4, -0.2) is 16.9 Å². The van der Waals surface area contributed by atoms with Gasteiger partial charge in [-0.1, -0.05) is 38.0 Å². The monoisotopic (exact) mass is 419 g/mol. The molecule has 0 unspecified atom stereocenters. The summed E-state index contributed by atoms with van der Waals surface area (Å²) in [4.78, 5) is 23.0. The Bertz CT molecular complexity index is 1010. The first kappa shape index (κ1) is 22.0. The summed E-state index contributed by atoms with van der Waals surface area (Å²) in [5.41, 5.74) is 1.44. The van der Waals surface area contributed by atoms with Crippen molar-refractivity contribution in [2.24, 2.45) is 5.92 Å². The van der Waals surface area contributed by atoms with Crippen molar-refractivity contribution in [2.45, 2.75) is 45.3 Å². The van der Waals surface area contributed by atoms with E-state index in [0.717, 1.165) is 24.8 Å². The number of nitrogens with zero attached hydrogens (tertiary/aromatic N) is 2. The van der Waals surface area contributed by atoms with Gasteiger partial charge >= 0.3 is 0 Å². The summed E-state index contributed by atoms with van der Waals surface area (Å²) in [6.07, 6.45) is 5.80. The van der Waals surface area contributed by atoms with Crippen molar-refractivity contribution in [3.8, 4) is 11.8 Å². The first-order chi connectivity index (χ1) is 15.0. The molecule has 2 aromatic rings. The SMILES string of the molecule is C[C@@H]1CCCC[C@H]1NC(=O)/C(C#N)=C/c1ccccc1OCc1ccc([N+](=O)[O-])cc1. The van der Waals surface area contributed by atoms with Gasteiger partial charge in [0, 0.05) is 23.7 Å². The molecule has 1 fully saturated rings. The second-order valence-corrected chi connectivity index (χ2v) is 7.76. The third kappa shape index (κ3) is 5.92. The highest BCUT2D eigenvalue weighted by atomic mass is 16.6. The minimum atomic E-state index is -0.451. The van der Waals surface area contributed by atoms with Crippen LogP contribution >= 0.6 is 0 Å². The molecule has 2 atom stereocenters. The average Bonchev–Trinajstić information content (AvgIpc) is 2.78. The van der Waals surface area contributed by atoms with Gasteiger partial charge in [-0.15, -0.1) is 0 Å². The molecule has 0 saturated heterocycles. The number of rotatable bonds is 7. The highest BCUT2D eigenvalue weighted by Crippen LogP contribution is 2.25. The van der Waals surface area contributed by atoms with E-state index in [9.17, 15) is 20.2 Å². The molecule has 1 aliphatic rings. The van der Waals surface area contributed by atoms with Crippen LogP contribution in [0.4, 0.5) is 5.69 Å². The van der Waals surface area contributed by atoms with Gasteiger partial charge in [0.15, 0.2) is 0 Å². The first-order valence-corrected chi connectivity index (χ1v) is 10.4. The predicted octanol–water partition coefficient (Wildman–Crippen LogP) is 4.78. The van der Waals surface area contributed by atoms with Gasteiger partial charge in [-0.2, -0.15) is 5.26 Å². The number of nitro groups is 1. The van der Waals surface area contributed by atoms with E-state index in [2.05, 4.69) is 12.2 Å². The molecule has 3 rings (SSSR count). The minimum Gasteiger partial charge on any atom is -0.488 e. The zero-order valence-electron chi connectivity index (χ0n) is 17.4. The van der Waals surface area contributed by atoms with Gasteiger partial charge in [0.1, 0.15) is 24.0 Å². The molecular weight excluding hydrogens is 394 g/mol. The van der Waals surface area contributed by atoms with Crippen molar-refractivity contribution in [1.82, 2.24) is 5.32 Å². The summed E-state index contributed by atoms with van der Waals surface area (Å²) in [7, 11) is 0. The summed E-state index contributed by atoms with van der Waals surface area (Å²) < 4.78 is 5.86. The normalized spacial score (nSPS) is 18.6. The lowest BCUT2D eigenvalue weighted by atomic mass is 9.86. The Morgan fingerprint density at radius 2 is 1.94 bits per heavy atom. The number of amides is 1. The largest absolute Gasteiger partial charge is 0.488 e. The third-order valence-corrected chi connectivity index (χ3v) is 5.55. The van der Waals surface area contributed by atoms with Crippen molar-refractivity contribution < 1.29 is 14.5 Å². The summed E-state index contributed by atoms with van der Waals surface area (Å²) in [6, 6.07) is 15.4. The molecule has 1 amide bonds. The fourth-order valence-corrected chi connectivity index (χ4v) is 3.69. The number of hydrogen-bond acceptors (Lipinski definition) is 5. The summed E-state index contributed by atoms with van der Waals surface area (Å²) in [5, 5.41) is 23.3. The van der Waals surface area contributed by atoms with Crippen molar-refractivity contribution in [3.05, 3.63) is 75.3 Å². The Labute approximate surface area is 181 Å². The lowest BCUT2D eigenvalue weighted by Gasteiger charge is -2.29. The standard InChI is InChI=1S/C24H25N3O4/c1-17-6-2-4-8-22(17)26-24(28)20(15-25)14-19-7-3-5-9-23(19)31-16-18-10-12-21(13-11-18)27(29)30/h3,5,7,9-14,17,22H,2,4,6,8,16H2,1H3,(H,26,28)/b20-14+/t17-,22-/m1/s1. The zero-order chi connectivity index (χ0) is 22.2. The number of ether oxygens (including phenoxy) is 1. The number of para-hydroxylation sites is 1. The third-order valence-electron chi connectivity index (χ3n) is 5.55. The Morgan fingerprint density at radius 3 is 2.61 bits per heavy atom. The fraction of sp³-hybridized carbons (Fsp3) is 0.333. The van der Waals surface area contributed by atoms with E-state index in [0.29, 0.717) is 17.2 Å². The van der Waals surface area contributed by atoms with Crippen molar-refractivity contribution in [3.63, 3.8) is 0 Å². The van der Waals surface area contributed by atoms with Crippen LogP contribution in [0.1, 0.15) is 43.7 Å². The Kier molecular flexibility index (Phi) is 7.39. The smallest absolute Gasteiger partial charge is 0.269 e. The Balaban J connectivity index is 1.71. The van der Waals surface area contributed by atoms with E-state index in [1.54, 1.807) is 36.4 Å². The van der Waals surface area contributed by atoms with Crippen LogP contribution in [0.15, 0.2) is 54.1 Å². The van der Waals surface area contributed by atoms with E-state index >= 15 is 0 Å². The maximum atomic E-state index is 12.7. The van der Waals surface area contributed by atoms with Crippen LogP contribution in [-0.2, 0) is 11.4 Å². The average molecular weight is 419 g/mol. The van der Waals surface area contributed by atoms with Gasteiger partial charge in [0.25, 0.3) is 11.6 Å². The number of nitro benzene ring substituents is 1. The molecule has 0 spiro atoms. The lowest BCUT2D eigenvalue weighted by molar-refractivity contribution is -0.384. The van der Waals surface area contributed by atoms with E-state index in [4.69, 9.17) is 4.74 Å². The lowest BCUT2D eigenvalue weighted by Crippen LogP contribution is -2.41. The number of carbonyl (C=O) groups excluding carboxylic acids is 1. The Hall–Kier alpha value is -3.66. The molecule has 0 bridgehead atoms. The van der Waals surface area contributed by atoms with Gasteiger partial charge in [-0.3, -0.25) is 14.9 Å². The van der Waals surface area contributed by atoms with Crippen LogP contribution in [0.3, 0.4) is 0 Å². The molecule has 31 heavy (non-hydrogen) atoms. The van der Waals surface area contributed by atoms with Crippen molar-refractivity contribution in [1.29, 1.82) is 5.26 Å². The van der Waals surface area contributed by atoms with Crippen molar-refractivity contribution >= 4 is 17.7 Å². The van der Waals surface area contributed by atoms with Crippen molar-refractivity contribution in [2.75, 3.05) is 0 Å². The van der Waals surface area contributed by atoms with Crippen LogP contribution in [0.2, 0.25) is 0 Å². The molecule has 160 valence electrons. The molecule has 0 radical (unpaired) electrons. The zero-order valence-corrected chi connectivity index (χ0v) is 17.4. The van der Waals surface area contributed by atoms with Crippen LogP contribution in [0.25, 0.3) is 6.08 Å². The molecule has 1 N–H and O–H groups in total. The van der Waals surface area contributed by atoms with E-state index < -0.39 is 4.92 Å². The van der Waals surface area contributed by atoms with Gasteiger partial charge in [0.05, 0.1) is 4.92 Å². The minimum absolute atomic E-state index is 0.0176. The van der Waals surface area contributed by atoms with Crippen LogP contribution in [0.5, 0.6) is 5.75 Å². The summed E-state index contributed by atoms with van der Waals surface area (Å²) in [5.74, 6) is 0.550. The van der Waals surface area contributed by atoms with Crippen LogP contribution < -0.4 is 10.1 Å². The molecule has 0 aliphatic heterocycles. The maximum Gasteiger partial charge on any atom is 0.269 e. The number of nitrogens with one attached hydrogen (secondary N) is 1. The van der Waals surface area contributed by atoms with Crippen LogP contribution in [0, 0.1) is 27.4 Å². The van der Waals surface area contributed by atoms with Gasteiger partial charge < -0.3 is 10.1 Å². The number of benzene rings is 2. The highest BCUT2D eigenvalue weighted by Gasteiger charge is 2.24. The van der Waals surface area contributed by atoms with E-state index in [1.807, 2.05) is 6.07 Å². The Morgan fingerprint density at radius 1 is 1.23 bits per heavy atom. The second kappa shape index (κ2) is 10.4. The van der Waals surface area contributed by atoms with Gasteiger partial charge in [0.2, 0.25) is 0 Å². The first-order valence-electron chi connectivity index (χ1n) is 10.4. The molecular formula is C24H25N3O4. The molecule has 0 heterocycles. The predicted molar refractivity (Wildman–Crippen MR) is 117 cm³/mol. The fourth-order valence-electron chi connectivity index (χ4n) is 3.69. The van der Waals surface area contributed by atoms with Gasteiger partial charge in [-0.25, -0.2) is 0 Å². The molecule has 1 saturated carbocycles. The topological polar surface area (TPSA) is 105 Å². The maximum absolute atomic E-state index is 12.7. The number of nitriles is 1. The van der Waals surface area contributed by atoms with E-state index in [-0.39, 0.29) is 29.8 Å². The molecule has 1 aliphatic carbocycles. The molecule has 0 aromatic heterocycles. The molecule has 7 heteroatoms. The molecule has 7 nitrogen and oxygen atoms in total. The van der Waals surface area contributed by atoms with E-state index in [1.165, 1.54) is 24.6 Å². The summed E-state index contributed by atoms with van der Waals surface area (Å²) in [6.45, 7) is 2.33. The summed E-state index contributed by atoms with van der Waals surface area (Å²) >= 11 is 0. The van der Waals surface area contributed by atoms with Gasteiger partial charge in [-0.05, 0) is 48.6 Å². The second-order valence-electron chi connectivity index (χ2n) is 7.76. The number of carbonyl (C=O) groups is 1. The molecule has 2 aromatic carbocycles.